The van der Waals surface area contributed by atoms with Crippen LogP contribution in [0.4, 0.5) is 4.39 Å². The third-order valence-electron chi connectivity index (χ3n) is 2.30. The zero-order valence-corrected chi connectivity index (χ0v) is 10.4. The molecule has 106 valence electrons. The molecule has 0 saturated carbocycles. The number of halogens is 1. The number of benzene rings is 1. The van der Waals surface area contributed by atoms with Crippen molar-refractivity contribution in [3.8, 4) is 0 Å². The number of aliphatic carboxylic acids is 1. The molecule has 0 aromatic heterocycles. The van der Waals surface area contributed by atoms with Gasteiger partial charge in [-0.2, -0.15) is 0 Å². The summed E-state index contributed by atoms with van der Waals surface area (Å²) in [7, 11) is 0. The van der Waals surface area contributed by atoms with E-state index in [0.29, 0.717) is 5.56 Å². The van der Waals surface area contributed by atoms with Crippen molar-refractivity contribution in [1.82, 2.24) is 5.32 Å². The quantitative estimate of drug-likeness (QED) is 0.650. The highest BCUT2D eigenvalue weighted by Crippen LogP contribution is 2.05. The van der Waals surface area contributed by atoms with Crippen molar-refractivity contribution in [3.05, 3.63) is 41.7 Å². The van der Waals surface area contributed by atoms with Gasteiger partial charge in [-0.1, -0.05) is 12.1 Å². The van der Waals surface area contributed by atoms with Gasteiger partial charge in [0.1, 0.15) is 11.9 Å². The lowest BCUT2D eigenvalue weighted by Gasteiger charge is -2.10. The molecular formula is C13H13FN2O4. The van der Waals surface area contributed by atoms with Crippen LogP contribution in [-0.4, -0.2) is 28.9 Å². The molecule has 0 heterocycles. The molecule has 0 aliphatic rings. The van der Waals surface area contributed by atoms with Gasteiger partial charge >= 0.3 is 5.97 Å². The highest BCUT2D eigenvalue weighted by molar-refractivity contribution is 5.95. The van der Waals surface area contributed by atoms with Crippen LogP contribution in [0.1, 0.15) is 12.0 Å². The molecule has 0 spiro atoms. The van der Waals surface area contributed by atoms with Crippen molar-refractivity contribution in [3.63, 3.8) is 0 Å². The average Bonchev–Trinajstić information content (AvgIpc) is 2.35. The minimum atomic E-state index is -1.39. The molecule has 7 heteroatoms. The van der Waals surface area contributed by atoms with Crippen LogP contribution in [0.3, 0.4) is 0 Å². The minimum absolute atomic E-state index is 0.446. The highest BCUT2D eigenvalue weighted by atomic mass is 19.1. The number of carbonyl (C=O) groups is 3. The molecule has 0 unspecified atom stereocenters. The standard InChI is InChI=1S/C13H13FN2O4/c14-9-3-1-2-8(6-9)4-5-12(18)16-10(13(19)20)7-11(15)17/h1-6,10H,7H2,(H2,15,17)(H,16,18)(H,19,20)/b5-4+/t10-/m1/s1. The second kappa shape index (κ2) is 7.03. The second-order valence-electron chi connectivity index (χ2n) is 3.96. The van der Waals surface area contributed by atoms with Gasteiger partial charge in [0, 0.05) is 6.08 Å². The van der Waals surface area contributed by atoms with Crippen molar-refractivity contribution in [1.29, 1.82) is 0 Å². The molecule has 6 nitrogen and oxygen atoms in total. The maximum absolute atomic E-state index is 12.9. The number of carboxylic acids is 1. The first-order valence-electron chi connectivity index (χ1n) is 5.63. The summed E-state index contributed by atoms with van der Waals surface area (Å²) < 4.78 is 12.9. The summed E-state index contributed by atoms with van der Waals surface area (Å²) in [5.74, 6) is -3.38. The molecule has 4 N–H and O–H groups in total. The molecule has 1 rings (SSSR count). The van der Waals surface area contributed by atoms with Gasteiger partial charge in [0.15, 0.2) is 0 Å². The van der Waals surface area contributed by atoms with E-state index in [1.165, 1.54) is 24.3 Å². The number of carbonyl (C=O) groups excluding carboxylic acids is 2. The van der Waals surface area contributed by atoms with Crippen LogP contribution in [0.15, 0.2) is 30.3 Å². The number of carboxylic acid groups (broad SMARTS) is 1. The van der Waals surface area contributed by atoms with E-state index in [4.69, 9.17) is 10.8 Å². The van der Waals surface area contributed by atoms with Gasteiger partial charge in [0.05, 0.1) is 6.42 Å². The van der Waals surface area contributed by atoms with E-state index in [9.17, 15) is 18.8 Å². The smallest absolute Gasteiger partial charge is 0.326 e. The monoisotopic (exact) mass is 280 g/mol. The summed E-state index contributed by atoms with van der Waals surface area (Å²) in [6.07, 6.45) is 1.86. The van der Waals surface area contributed by atoms with Crippen LogP contribution in [0.25, 0.3) is 6.08 Å². The fraction of sp³-hybridized carbons (Fsp3) is 0.154. The fourth-order valence-electron chi connectivity index (χ4n) is 1.40. The molecule has 0 fully saturated rings. The third kappa shape index (κ3) is 5.30. The summed E-state index contributed by atoms with van der Waals surface area (Å²) in [6, 6.07) is 4.12. The van der Waals surface area contributed by atoms with Crippen LogP contribution < -0.4 is 11.1 Å². The number of hydrogen-bond donors (Lipinski definition) is 3. The topological polar surface area (TPSA) is 109 Å². The maximum atomic E-state index is 12.9. The van der Waals surface area contributed by atoms with E-state index in [0.717, 1.165) is 6.08 Å². The molecule has 0 saturated heterocycles. The van der Waals surface area contributed by atoms with E-state index >= 15 is 0 Å². The van der Waals surface area contributed by atoms with Crippen molar-refractivity contribution in [2.45, 2.75) is 12.5 Å². The Hall–Kier alpha value is -2.70. The predicted molar refractivity (Wildman–Crippen MR) is 68.8 cm³/mol. The zero-order chi connectivity index (χ0) is 15.1. The summed E-state index contributed by atoms with van der Waals surface area (Å²) >= 11 is 0. The molecule has 1 aromatic carbocycles. The first kappa shape index (κ1) is 15.4. The summed E-state index contributed by atoms with van der Waals surface area (Å²) in [5, 5.41) is 10.9. The first-order valence-corrected chi connectivity index (χ1v) is 5.63. The van der Waals surface area contributed by atoms with Gasteiger partial charge in [-0.15, -0.1) is 0 Å². The van der Waals surface area contributed by atoms with E-state index in [1.807, 2.05) is 0 Å². The van der Waals surface area contributed by atoms with Gasteiger partial charge in [0.25, 0.3) is 0 Å². The molecule has 1 aromatic rings. The van der Waals surface area contributed by atoms with Gasteiger partial charge in [-0.3, -0.25) is 9.59 Å². The van der Waals surface area contributed by atoms with E-state index < -0.39 is 36.1 Å². The lowest BCUT2D eigenvalue weighted by molar-refractivity contribution is -0.142. The van der Waals surface area contributed by atoms with Gasteiger partial charge in [0.2, 0.25) is 11.8 Å². The molecule has 0 aliphatic heterocycles. The van der Waals surface area contributed by atoms with Crippen LogP contribution in [-0.2, 0) is 14.4 Å². The number of rotatable bonds is 6. The van der Waals surface area contributed by atoms with E-state index in [1.54, 1.807) is 6.07 Å². The van der Waals surface area contributed by atoms with Crippen molar-refractivity contribution in [2.24, 2.45) is 5.73 Å². The van der Waals surface area contributed by atoms with E-state index in [-0.39, 0.29) is 0 Å². The summed E-state index contributed by atoms with van der Waals surface area (Å²) in [6.45, 7) is 0. The average molecular weight is 280 g/mol. The molecular weight excluding hydrogens is 267 g/mol. The lowest BCUT2D eigenvalue weighted by atomic mass is 10.2. The molecule has 1 atom stereocenters. The molecule has 20 heavy (non-hydrogen) atoms. The number of amides is 2. The molecule has 2 amide bonds. The summed E-state index contributed by atoms with van der Waals surface area (Å²) in [4.78, 5) is 32.9. The Bertz CT molecular complexity index is 557. The van der Waals surface area contributed by atoms with E-state index in [2.05, 4.69) is 5.32 Å². The van der Waals surface area contributed by atoms with Gasteiger partial charge in [-0.05, 0) is 23.8 Å². The fourth-order valence-corrected chi connectivity index (χ4v) is 1.40. The Kier molecular flexibility index (Phi) is 5.40. The lowest BCUT2D eigenvalue weighted by Crippen LogP contribution is -2.42. The van der Waals surface area contributed by atoms with Crippen LogP contribution in [0.2, 0.25) is 0 Å². The number of primary amides is 1. The summed E-state index contributed by atoms with van der Waals surface area (Å²) in [5.41, 5.74) is 5.32. The largest absolute Gasteiger partial charge is 0.480 e. The van der Waals surface area contributed by atoms with Crippen LogP contribution in [0.5, 0.6) is 0 Å². The molecule has 0 radical (unpaired) electrons. The molecule has 0 bridgehead atoms. The van der Waals surface area contributed by atoms with Crippen molar-refractivity contribution >= 4 is 23.9 Å². The van der Waals surface area contributed by atoms with Gasteiger partial charge in [-0.25, -0.2) is 9.18 Å². The SMILES string of the molecule is NC(=O)C[C@@H](NC(=O)/C=C/c1cccc(F)c1)C(=O)O. The Morgan fingerprint density at radius 3 is 2.65 bits per heavy atom. The van der Waals surface area contributed by atoms with Crippen molar-refractivity contribution in [2.75, 3.05) is 0 Å². The second-order valence-corrected chi connectivity index (χ2v) is 3.96. The van der Waals surface area contributed by atoms with Crippen molar-refractivity contribution < 1.29 is 23.9 Å². The maximum Gasteiger partial charge on any atom is 0.326 e. The number of nitrogens with one attached hydrogen (secondary N) is 1. The Labute approximate surface area is 114 Å². The first-order chi connectivity index (χ1) is 9.38. The normalized spacial score (nSPS) is 12.1. The minimum Gasteiger partial charge on any atom is -0.480 e. The zero-order valence-electron chi connectivity index (χ0n) is 10.4. The number of hydrogen-bond acceptors (Lipinski definition) is 3. The van der Waals surface area contributed by atoms with Gasteiger partial charge < -0.3 is 16.2 Å². The van der Waals surface area contributed by atoms with Crippen LogP contribution >= 0.6 is 0 Å². The Morgan fingerprint density at radius 1 is 1.40 bits per heavy atom. The molecule has 0 aliphatic carbocycles. The Balaban J connectivity index is 2.66. The third-order valence-corrected chi connectivity index (χ3v) is 2.30. The predicted octanol–water partition coefficient (Wildman–Crippen LogP) is 0.284. The number of nitrogens with two attached hydrogens (primary N) is 1. The highest BCUT2D eigenvalue weighted by Gasteiger charge is 2.20. The van der Waals surface area contributed by atoms with Crippen LogP contribution in [0, 0.1) is 5.82 Å². The Morgan fingerprint density at radius 2 is 2.10 bits per heavy atom.